The van der Waals surface area contributed by atoms with Crippen LogP contribution in [0, 0.1) is 21.7 Å². The number of halogens is 2. The second kappa shape index (κ2) is 7.94. The van der Waals surface area contributed by atoms with Gasteiger partial charge in [0, 0.05) is 24.2 Å². The van der Waals surface area contributed by atoms with E-state index in [0.717, 1.165) is 24.3 Å². The average Bonchev–Trinajstić information content (AvgIpc) is 2.56. The first-order valence-electron chi connectivity index (χ1n) is 7.68. The number of hydrogen-bond acceptors (Lipinski definition) is 6. The van der Waals surface area contributed by atoms with Crippen LogP contribution in [0.4, 0.5) is 20.2 Å². The number of benzene rings is 2. The fourth-order valence-electron chi connectivity index (χ4n) is 2.58. The fourth-order valence-corrected chi connectivity index (χ4v) is 3.32. The molecule has 0 amide bonds. The van der Waals surface area contributed by atoms with Crippen molar-refractivity contribution in [2.45, 2.75) is 10.9 Å². The number of nitrogens with zero attached hydrogens (tertiary/aromatic N) is 2. The molecule has 1 unspecified atom stereocenters. The number of sulfonamides is 1. The Morgan fingerprint density at radius 1 is 1.22 bits per heavy atom. The molecular weight excluding hydrogens is 382 g/mol. The van der Waals surface area contributed by atoms with Gasteiger partial charge in [0.25, 0.3) is 5.69 Å². The number of anilines is 1. The zero-order valence-corrected chi connectivity index (χ0v) is 15.3. The molecule has 146 valence electrons. The molecule has 0 bridgehead atoms. The van der Waals surface area contributed by atoms with Crippen molar-refractivity contribution in [3.63, 3.8) is 0 Å². The van der Waals surface area contributed by atoms with Gasteiger partial charge in [-0.05, 0) is 32.3 Å². The first-order valence-corrected chi connectivity index (χ1v) is 9.22. The molecule has 0 aliphatic carbocycles. The molecule has 0 heterocycles. The zero-order chi connectivity index (χ0) is 20.4. The number of nitro benzene ring substituents is 1. The quantitative estimate of drug-likeness (QED) is 0.543. The molecule has 0 fully saturated rings. The Kier molecular flexibility index (Phi) is 6.08. The highest BCUT2D eigenvalue weighted by Gasteiger charge is 2.24. The maximum Gasteiger partial charge on any atom is 0.270 e. The minimum absolute atomic E-state index is 0.00769. The number of hydrogen-bond donors (Lipinski definition) is 2. The number of nitrogens with two attached hydrogens (primary N) is 1. The molecule has 0 aromatic heterocycles. The molecule has 27 heavy (non-hydrogen) atoms. The Hall–Kier alpha value is -2.63. The smallest absolute Gasteiger partial charge is 0.270 e. The molecule has 2 aromatic rings. The molecule has 0 saturated heterocycles. The predicted octanol–water partition coefficient (Wildman–Crippen LogP) is 2.24. The normalized spacial score (nSPS) is 12.8. The number of rotatable bonds is 7. The van der Waals surface area contributed by atoms with Gasteiger partial charge >= 0.3 is 0 Å². The van der Waals surface area contributed by atoms with E-state index < -0.39 is 43.2 Å². The first-order chi connectivity index (χ1) is 12.5. The standard InChI is InChI=1S/C16H18F2N4O4S/c1-21(2)14(16-11(17)4-3-5-12(16)18)9-20-13-7-6-10(22(23)24)8-15(13)27(19,25)26/h3-8,14,20H,9H2,1-2H3,(H2,19,25,26). The topological polar surface area (TPSA) is 119 Å². The van der Waals surface area contributed by atoms with Gasteiger partial charge in [-0.1, -0.05) is 6.07 Å². The lowest BCUT2D eigenvalue weighted by molar-refractivity contribution is -0.385. The number of nitrogens with one attached hydrogen (secondary N) is 1. The van der Waals surface area contributed by atoms with E-state index >= 15 is 0 Å². The van der Waals surface area contributed by atoms with Crippen molar-refractivity contribution in [3.8, 4) is 0 Å². The number of nitro groups is 1. The second-order valence-corrected chi connectivity index (χ2v) is 7.51. The summed E-state index contributed by atoms with van der Waals surface area (Å²) >= 11 is 0. The Bertz CT molecular complexity index is 947. The van der Waals surface area contributed by atoms with Gasteiger partial charge in [0.15, 0.2) is 0 Å². The molecule has 1 atom stereocenters. The zero-order valence-electron chi connectivity index (χ0n) is 14.5. The first kappa shape index (κ1) is 20.7. The van der Waals surface area contributed by atoms with Crippen LogP contribution >= 0.6 is 0 Å². The van der Waals surface area contributed by atoms with E-state index in [4.69, 9.17) is 5.14 Å². The number of primary sulfonamides is 1. The van der Waals surface area contributed by atoms with Crippen molar-refractivity contribution in [2.24, 2.45) is 5.14 Å². The van der Waals surface area contributed by atoms with E-state index in [9.17, 15) is 27.3 Å². The van der Waals surface area contributed by atoms with Gasteiger partial charge in [0.05, 0.1) is 16.7 Å². The molecule has 0 aliphatic heterocycles. The highest BCUT2D eigenvalue weighted by molar-refractivity contribution is 7.89. The summed E-state index contributed by atoms with van der Waals surface area (Å²) in [7, 11) is -1.06. The third-order valence-electron chi connectivity index (χ3n) is 3.92. The molecular formula is C16H18F2N4O4S. The second-order valence-electron chi connectivity index (χ2n) is 5.98. The van der Waals surface area contributed by atoms with Gasteiger partial charge < -0.3 is 10.2 Å². The minimum atomic E-state index is -4.27. The minimum Gasteiger partial charge on any atom is -0.382 e. The largest absolute Gasteiger partial charge is 0.382 e. The highest BCUT2D eigenvalue weighted by atomic mass is 32.2. The summed E-state index contributed by atoms with van der Waals surface area (Å²) < 4.78 is 51.8. The Morgan fingerprint density at radius 2 is 1.81 bits per heavy atom. The van der Waals surface area contributed by atoms with Gasteiger partial charge in [-0.15, -0.1) is 0 Å². The monoisotopic (exact) mass is 400 g/mol. The van der Waals surface area contributed by atoms with Crippen molar-refractivity contribution in [1.82, 2.24) is 4.90 Å². The van der Waals surface area contributed by atoms with Crippen LogP contribution in [0.2, 0.25) is 0 Å². The van der Waals surface area contributed by atoms with Gasteiger partial charge in [-0.2, -0.15) is 0 Å². The van der Waals surface area contributed by atoms with Crippen LogP contribution in [0.5, 0.6) is 0 Å². The van der Waals surface area contributed by atoms with Gasteiger partial charge in [0.2, 0.25) is 10.0 Å². The van der Waals surface area contributed by atoms with E-state index in [1.54, 1.807) is 19.0 Å². The van der Waals surface area contributed by atoms with Crippen LogP contribution in [-0.2, 0) is 10.0 Å². The van der Waals surface area contributed by atoms with E-state index in [0.29, 0.717) is 0 Å². The van der Waals surface area contributed by atoms with Gasteiger partial charge in [-0.3, -0.25) is 10.1 Å². The van der Waals surface area contributed by atoms with E-state index in [1.807, 2.05) is 0 Å². The third kappa shape index (κ3) is 4.76. The van der Waals surface area contributed by atoms with Gasteiger partial charge in [-0.25, -0.2) is 22.3 Å². The van der Waals surface area contributed by atoms with Gasteiger partial charge in [0.1, 0.15) is 16.5 Å². The molecule has 0 aliphatic rings. The summed E-state index contributed by atoms with van der Waals surface area (Å²) in [6.45, 7) is -0.0782. The molecule has 8 nitrogen and oxygen atoms in total. The van der Waals surface area contributed by atoms with Crippen molar-refractivity contribution in [1.29, 1.82) is 0 Å². The summed E-state index contributed by atoms with van der Waals surface area (Å²) in [5.41, 5.74) is -0.644. The number of non-ortho nitro benzene ring substituents is 1. The lowest BCUT2D eigenvalue weighted by Crippen LogP contribution is -2.29. The Labute approximate surface area is 154 Å². The van der Waals surface area contributed by atoms with Crippen molar-refractivity contribution in [2.75, 3.05) is 26.0 Å². The number of likely N-dealkylation sites (N-methyl/N-ethyl adjacent to an activating group) is 1. The summed E-state index contributed by atoms with van der Waals surface area (Å²) in [6.07, 6.45) is 0. The maximum absolute atomic E-state index is 14.1. The summed E-state index contributed by atoms with van der Waals surface area (Å²) in [6, 6.07) is 5.81. The van der Waals surface area contributed by atoms with E-state index in [2.05, 4.69) is 5.32 Å². The summed E-state index contributed by atoms with van der Waals surface area (Å²) in [5, 5.41) is 18.8. The van der Waals surface area contributed by atoms with E-state index in [-0.39, 0.29) is 17.8 Å². The van der Waals surface area contributed by atoms with Crippen molar-refractivity contribution >= 4 is 21.4 Å². The lowest BCUT2D eigenvalue weighted by atomic mass is 10.0. The Morgan fingerprint density at radius 3 is 2.30 bits per heavy atom. The average molecular weight is 400 g/mol. The predicted molar refractivity (Wildman–Crippen MR) is 95.7 cm³/mol. The molecule has 3 N–H and O–H groups in total. The molecule has 11 heteroatoms. The van der Waals surface area contributed by atoms with E-state index in [1.165, 1.54) is 12.1 Å². The molecule has 2 rings (SSSR count). The highest BCUT2D eigenvalue weighted by Crippen LogP contribution is 2.28. The van der Waals surface area contributed by atoms with Crippen molar-refractivity contribution in [3.05, 3.63) is 63.7 Å². The van der Waals surface area contributed by atoms with Crippen LogP contribution in [-0.4, -0.2) is 38.9 Å². The lowest BCUT2D eigenvalue weighted by Gasteiger charge is -2.26. The van der Waals surface area contributed by atoms with Crippen LogP contribution < -0.4 is 10.5 Å². The van der Waals surface area contributed by atoms with Crippen molar-refractivity contribution < 1.29 is 22.1 Å². The Balaban J connectivity index is 2.40. The van der Waals surface area contributed by atoms with Crippen LogP contribution in [0.1, 0.15) is 11.6 Å². The van der Waals surface area contributed by atoms with Crippen LogP contribution in [0.15, 0.2) is 41.3 Å². The van der Waals surface area contributed by atoms with Crippen LogP contribution in [0.25, 0.3) is 0 Å². The SMILES string of the molecule is CN(C)C(CNc1ccc([N+](=O)[O-])cc1S(N)(=O)=O)c1c(F)cccc1F. The molecule has 2 aromatic carbocycles. The van der Waals surface area contributed by atoms with Crippen LogP contribution in [0.3, 0.4) is 0 Å². The molecule has 0 spiro atoms. The summed E-state index contributed by atoms with van der Waals surface area (Å²) in [5.74, 6) is -1.49. The third-order valence-corrected chi connectivity index (χ3v) is 4.88. The summed E-state index contributed by atoms with van der Waals surface area (Å²) in [4.78, 5) is 11.2. The molecule has 0 saturated carbocycles. The molecule has 0 radical (unpaired) electrons. The fraction of sp³-hybridized carbons (Fsp3) is 0.250. The maximum atomic E-state index is 14.1.